The van der Waals surface area contributed by atoms with Gasteiger partial charge in [0.15, 0.2) is 0 Å². The largest absolute Gasteiger partial charge is 0.497 e. The van der Waals surface area contributed by atoms with Gasteiger partial charge < -0.3 is 60.3 Å². The first kappa shape index (κ1) is 56.8. The summed E-state index contributed by atoms with van der Waals surface area (Å²) in [5, 5.41) is 17.0. The summed E-state index contributed by atoms with van der Waals surface area (Å²) in [5.41, 5.74) is 0.478. The zero-order valence-corrected chi connectivity index (χ0v) is 40.2. The molecule has 0 aromatic heterocycles. The summed E-state index contributed by atoms with van der Waals surface area (Å²) < 4.78 is 33.5. The summed E-state index contributed by atoms with van der Waals surface area (Å²) in [6.45, 7) is 3.33. The topological polar surface area (TPSA) is 247 Å². The number of benzene rings is 3. The smallest absolute Gasteiger partial charge is 0.306 e. The zero-order valence-electron chi connectivity index (χ0n) is 40.2. The van der Waals surface area contributed by atoms with Crippen LogP contribution in [0.4, 0.5) is 0 Å². The average molecular weight is 963 g/mol. The van der Waals surface area contributed by atoms with Crippen LogP contribution in [0.5, 0.6) is 11.5 Å². The first-order valence-corrected chi connectivity index (χ1v) is 23.3. The number of nitrogens with one attached hydrogen (secondary N) is 6. The van der Waals surface area contributed by atoms with Crippen molar-refractivity contribution < 1.29 is 62.0 Å². The fourth-order valence-electron chi connectivity index (χ4n) is 6.35. The molecule has 6 N–H and O–H groups in total. The molecule has 0 aliphatic rings. The number of carbonyl (C=O) groups is 7. The first-order chi connectivity index (χ1) is 33.4. The molecule has 3 rings (SSSR count). The van der Waals surface area contributed by atoms with Crippen LogP contribution in [0.25, 0.3) is 0 Å². The summed E-state index contributed by atoms with van der Waals surface area (Å²) in [4.78, 5) is 88.6. The highest BCUT2D eigenvalue weighted by Crippen LogP contribution is 2.14. The second-order valence-corrected chi connectivity index (χ2v) is 16.0. The van der Waals surface area contributed by atoms with Crippen LogP contribution in [0.15, 0.2) is 78.9 Å². The number of esters is 1. The molecule has 0 heterocycles. The predicted molar refractivity (Wildman–Crippen MR) is 256 cm³/mol. The van der Waals surface area contributed by atoms with E-state index in [4.69, 9.17) is 28.4 Å². The molecule has 0 aliphatic carbocycles. The standard InChI is InChI=1S/C50H70N6O13/c1-4-26-51-43(57)23-31-66-35-50(56-46(60)13-8-14-47(61)69-34-38-11-6-5-7-12-38,36-67-32-24-44(58)52-27-9-29-54-48(62)39-15-19-41(64-2)20-16-39)37-68-33-25-45(59)53-28-10-30-55-49(63)40-17-21-42(65-3)22-18-40/h5-7,11-12,15-22H,4,8-10,13-14,23-37H2,1-3H3,(H,51,57)(H,52,58)(H,53,59)(H,54,62)(H,55,63)(H,56,60). The Morgan fingerprint density at radius 3 is 1.35 bits per heavy atom. The molecule has 0 fully saturated rings. The molecule has 69 heavy (non-hydrogen) atoms. The van der Waals surface area contributed by atoms with E-state index in [1.807, 2.05) is 37.3 Å². The van der Waals surface area contributed by atoms with Gasteiger partial charge in [-0.1, -0.05) is 37.3 Å². The molecule has 0 saturated carbocycles. The zero-order chi connectivity index (χ0) is 50.0. The van der Waals surface area contributed by atoms with Crippen molar-refractivity contribution in [3.05, 3.63) is 95.6 Å². The van der Waals surface area contributed by atoms with Crippen LogP contribution in [0, 0.1) is 0 Å². The number of hydrogen-bond acceptors (Lipinski definition) is 13. The second-order valence-electron chi connectivity index (χ2n) is 16.0. The van der Waals surface area contributed by atoms with Gasteiger partial charge in [-0.15, -0.1) is 0 Å². The minimum atomic E-state index is -1.33. The van der Waals surface area contributed by atoms with Gasteiger partial charge in [0.2, 0.25) is 23.6 Å². The molecular formula is C50H70N6O13. The van der Waals surface area contributed by atoms with E-state index >= 15 is 0 Å². The van der Waals surface area contributed by atoms with E-state index < -0.39 is 17.4 Å². The molecular weight excluding hydrogens is 893 g/mol. The Labute approximate surface area is 404 Å². The van der Waals surface area contributed by atoms with Crippen LogP contribution < -0.4 is 41.4 Å². The molecule has 3 aromatic rings. The van der Waals surface area contributed by atoms with Crippen molar-refractivity contribution in [3.8, 4) is 11.5 Å². The number of ether oxygens (including phenoxy) is 6. The van der Waals surface area contributed by atoms with E-state index in [0.717, 1.165) is 12.0 Å². The van der Waals surface area contributed by atoms with Crippen LogP contribution in [0.1, 0.15) is 91.0 Å². The van der Waals surface area contributed by atoms with Gasteiger partial charge in [-0.3, -0.25) is 33.6 Å². The summed E-state index contributed by atoms with van der Waals surface area (Å²) >= 11 is 0. The Morgan fingerprint density at radius 2 is 0.913 bits per heavy atom. The summed E-state index contributed by atoms with van der Waals surface area (Å²) in [5.74, 6) is -0.878. The highest BCUT2D eigenvalue weighted by Gasteiger charge is 2.34. The fourth-order valence-corrected chi connectivity index (χ4v) is 6.35. The summed E-state index contributed by atoms with van der Waals surface area (Å²) in [7, 11) is 3.09. The van der Waals surface area contributed by atoms with Crippen molar-refractivity contribution in [3.63, 3.8) is 0 Å². The Balaban J connectivity index is 1.54. The highest BCUT2D eigenvalue weighted by molar-refractivity contribution is 5.94. The maximum atomic E-state index is 13.5. The minimum absolute atomic E-state index is 0.00205. The first-order valence-electron chi connectivity index (χ1n) is 23.3. The van der Waals surface area contributed by atoms with Crippen molar-refractivity contribution in [2.24, 2.45) is 0 Å². The Hall–Kier alpha value is -6.57. The maximum absolute atomic E-state index is 13.5. The van der Waals surface area contributed by atoms with Gasteiger partial charge in [0.1, 0.15) is 23.6 Å². The Kier molecular flexibility index (Phi) is 27.8. The fraction of sp³-hybridized carbons (Fsp3) is 0.500. The average Bonchev–Trinajstić information content (AvgIpc) is 3.36. The van der Waals surface area contributed by atoms with E-state index in [1.165, 1.54) is 0 Å². The molecule has 0 atom stereocenters. The predicted octanol–water partition coefficient (Wildman–Crippen LogP) is 3.39. The van der Waals surface area contributed by atoms with Crippen molar-refractivity contribution in [1.29, 1.82) is 0 Å². The van der Waals surface area contributed by atoms with Crippen LogP contribution in [0.2, 0.25) is 0 Å². The number of carbonyl (C=O) groups excluding carboxylic acids is 7. The molecule has 0 aliphatic heterocycles. The molecule has 378 valence electrons. The Bertz CT molecular complexity index is 1910. The monoisotopic (exact) mass is 963 g/mol. The molecule has 19 heteroatoms. The van der Waals surface area contributed by atoms with Crippen molar-refractivity contribution in [1.82, 2.24) is 31.9 Å². The van der Waals surface area contributed by atoms with Gasteiger partial charge in [-0.25, -0.2) is 0 Å². The number of hydrogen-bond donors (Lipinski definition) is 6. The lowest BCUT2D eigenvalue weighted by molar-refractivity contribution is -0.145. The lowest BCUT2D eigenvalue weighted by atomic mass is 10.0. The SMILES string of the molecule is CCCNC(=O)CCOCC(COCCC(=O)NCCCNC(=O)c1ccc(OC)cc1)(COCCC(=O)NCCCNC(=O)c1ccc(OC)cc1)NC(=O)CCCC(=O)OCc1ccccc1. The third-order valence-electron chi connectivity index (χ3n) is 10.2. The van der Waals surface area contributed by atoms with Gasteiger partial charge in [-0.2, -0.15) is 0 Å². The van der Waals surface area contributed by atoms with Crippen LogP contribution in [-0.2, 0) is 49.5 Å². The highest BCUT2D eigenvalue weighted by atomic mass is 16.5. The van der Waals surface area contributed by atoms with Crippen LogP contribution in [-0.4, -0.2) is 134 Å². The lowest BCUT2D eigenvalue weighted by Crippen LogP contribution is -2.58. The molecule has 3 aromatic carbocycles. The summed E-state index contributed by atoms with van der Waals surface area (Å²) in [6.07, 6.45) is 1.91. The molecule has 0 unspecified atom stereocenters. The lowest BCUT2D eigenvalue weighted by Gasteiger charge is -2.34. The van der Waals surface area contributed by atoms with E-state index in [2.05, 4.69) is 31.9 Å². The van der Waals surface area contributed by atoms with Gasteiger partial charge in [0, 0.05) is 76.0 Å². The third-order valence-corrected chi connectivity index (χ3v) is 10.2. The van der Waals surface area contributed by atoms with Crippen molar-refractivity contribution >= 4 is 41.4 Å². The normalized spacial score (nSPS) is 10.9. The van der Waals surface area contributed by atoms with E-state index in [0.29, 0.717) is 68.2 Å². The van der Waals surface area contributed by atoms with Crippen molar-refractivity contribution in [2.75, 3.05) is 86.6 Å². The van der Waals surface area contributed by atoms with Gasteiger partial charge in [0.05, 0.1) is 53.9 Å². The molecule has 0 bridgehead atoms. The molecule has 19 nitrogen and oxygen atoms in total. The molecule has 0 radical (unpaired) electrons. The van der Waals surface area contributed by atoms with Gasteiger partial charge >= 0.3 is 5.97 Å². The van der Waals surface area contributed by atoms with E-state index in [1.54, 1.807) is 62.8 Å². The second kappa shape index (κ2) is 33.8. The van der Waals surface area contributed by atoms with Crippen LogP contribution >= 0.6 is 0 Å². The summed E-state index contributed by atoms with van der Waals surface area (Å²) in [6, 6.07) is 22.7. The number of rotatable bonds is 36. The molecule has 0 spiro atoms. The molecule has 6 amide bonds. The number of amides is 6. The number of methoxy groups -OCH3 is 2. The van der Waals surface area contributed by atoms with E-state index in [-0.39, 0.29) is 114 Å². The Morgan fingerprint density at radius 1 is 0.478 bits per heavy atom. The van der Waals surface area contributed by atoms with E-state index in [9.17, 15) is 33.6 Å². The molecule has 0 saturated heterocycles. The third kappa shape index (κ3) is 24.9. The van der Waals surface area contributed by atoms with Crippen LogP contribution in [0.3, 0.4) is 0 Å². The maximum Gasteiger partial charge on any atom is 0.306 e. The minimum Gasteiger partial charge on any atom is -0.497 e. The van der Waals surface area contributed by atoms with Gasteiger partial charge in [-0.05, 0) is 79.8 Å². The quantitative estimate of drug-likeness (QED) is 0.0362. The van der Waals surface area contributed by atoms with Crippen molar-refractivity contribution in [2.45, 2.75) is 76.9 Å². The van der Waals surface area contributed by atoms with Gasteiger partial charge in [0.25, 0.3) is 11.8 Å².